The van der Waals surface area contributed by atoms with Crippen LogP contribution in [0.3, 0.4) is 0 Å². The topological polar surface area (TPSA) is 39.2 Å². The highest BCUT2D eigenvalue weighted by Gasteiger charge is 2.02. The summed E-state index contributed by atoms with van der Waals surface area (Å²) in [4.78, 5) is 14.6. The van der Waals surface area contributed by atoms with Crippen molar-refractivity contribution in [2.24, 2.45) is 0 Å². The van der Waals surface area contributed by atoms with Crippen molar-refractivity contribution in [3.8, 4) is 5.75 Å². The molecule has 0 amide bonds. The SMILES string of the molecule is CCc1ncc(OC)cc1C=O. The molecule has 1 rings (SSSR count). The number of aryl methyl sites for hydroxylation is 1. The number of carbonyl (C=O) groups is 1. The highest BCUT2D eigenvalue weighted by atomic mass is 16.5. The molecular weight excluding hydrogens is 154 g/mol. The molecule has 0 unspecified atom stereocenters. The fourth-order valence-corrected chi connectivity index (χ4v) is 0.999. The van der Waals surface area contributed by atoms with Gasteiger partial charge >= 0.3 is 0 Å². The maximum Gasteiger partial charge on any atom is 0.152 e. The van der Waals surface area contributed by atoms with Gasteiger partial charge in [-0.25, -0.2) is 0 Å². The van der Waals surface area contributed by atoms with Gasteiger partial charge in [0, 0.05) is 5.56 Å². The number of hydrogen-bond donors (Lipinski definition) is 0. The third-order valence-electron chi connectivity index (χ3n) is 1.68. The molecular formula is C9H11NO2. The second kappa shape index (κ2) is 3.85. The number of pyridine rings is 1. The van der Waals surface area contributed by atoms with Crippen LogP contribution in [-0.4, -0.2) is 18.4 Å². The first-order valence-electron chi connectivity index (χ1n) is 3.80. The first-order chi connectivity index (χ1) is 5.81. The minimum Gasteiger partial charge on any atom is -0.495 e. The Labute approximate surface area is 71.4 Å². The molecule has 0 radical (unpaired) electrons. The molecule has 0 spiro atoms. The van der Waals surface area contributed by atoms with E-state index in [0.717, 1.165) is 18.4 Å². The van der Waals surface area contributed by atoms with E-state index < -0.39 is 0 Å². The number of aldehydes is 1. The molecule has 0 atom stereocenters. The van der Waals surface area contributed by atoms with Crippen LogP contribution in [0.1, 0.15) is 23.0 Å². The van der Waals surface area contributed by atoms with E-state index in [2.05, 4.69) is 4.98 Å². The zero-order valence-electron chi connectivity index (χ0n) is 7.20. The predicted octanol–water partition coefficient (Wildman–Crippen LogP) is 1.47. The Morgan fingerprint density at radius 1 is 1.67 bits per heavy atom. The highest BCUT2D eigenvalue weighted by Crippen LogP contribution is 2.13. The molecule has 0 aliphatic carbocycles. The minimum absolute atomic E-state index is 0.608. The van der Waals surface area contributed by atoms with Crippen molar-refractivity contribution >= 4 is 6.29 Å². The minimum atomic E-state index is 0.608. The molecule has 1 aromatic heterocycles. The zero-order valence-corrected chi connectivity index (χ0v) is 7.20. The van der Waals surface area contributed by atoms with Crippen molar-refractivity contribution in [2.45, 2.75) is 13.3 Å². The summed E-state index contributed by atoms with van der Waals surface area (Å²) in [7, 11) is 1.55. The summed E-state index contributed by atoms with van der Waals surface area (Å²) < 4.78 is 4.93. The quantitative estimate of drug-likeness (QED) is 0.636. The van der Waals surface area contributed by atoms with Gasteiger partial charge in [0.1, 0.15) is 5.75 Å². The van der Waals surface area contributed by atoms with Crippen LogP contribution in [0.4, 0.5) is 0 Å². The van der Waals surface area contributed by atoms with Crippen LogP contribution in [-0.2, 0) is 6.42 Å². The van der Waals surface area contributed by atoms with Gasteiger partial charge in [0.25, 0.3) is 0 Å². The van der Waals surface area contributed by atoms with Gasteiger partial charge in [0.05, 0.1) is 19.0 Å². The van der Waals surface area contributed by atoms with Crippen LogP contribution in [0.15, 0.2) is 12.3 Å². The summed E-state index contributed by atoms with van der Waals surface area (Å²) in [5, 5.41) is 0. The number of ether oxygens (including phenoxy) is 1. The fourth-order valence-electron chi connectivity index (χ4n) is 0.999. The third-order valence-corrected chi connectivity index (χ3v) is 1.68. The van der Waals surface area contributed by atoms with E-state index in [9.17, 15) is 4.79 Å². The van der Waals surface area contributed by atoms with Crippen LogP contribution in [0.2, 0.25) is 0 Å². The van der Waals surface area contributed by atoms with E-state index in [1.807, 2.05) is 6.92 Å². The monoisotopic (exact) mass is 165 g/mol. The maximum atomic E-state index is 10.6. The number of nitrogens with zero attached hydrogens (tertiary/aromatic N) is 1. The fraction of sp³-hybridized carbons (Fsp3) is 0.333. The standard InChI is InChI=1S/C9H11NO2/c1-3-9-7(6-11)4-8(12-2)5-10-9/h4-6H,3H2,1-2H3. The molecule has 0 aromatic carbocycles. The van der Waals surface area contributed by atoms with Crippen molar-refractivity contribution in [3.05, 3.63) is 23.5 Å². The van der Waals surface area contributed by atoms with E-state index in [0.29, 0.717) is 11.3 Å². The Hall–Kier alpha value is -1.38. The van der Waals surface area contributed by atoms with Crippen LogP contribution >= 0.6 is 0 Å². The lowest BCUT2D eigenvalue weighted by Gasteiger charge is -2.02. The number of methoxy groups -OCH3 is 1. The molecule has 0 aliphatic heterocycles. The Kier molecular flexibility index (Phi) is 2.80. The number of carbonyl (C=O) groups excluding carboxylic acids is 1. The van der Waals surface area contributed by atoms with Crippen molar-refractivity contribution in [1.82, 2.24) is 4.98 Å². The summed E-state index contributed by atoms with van der Waals surface area (Å²) in [6, 6.07) is 1.69. The smallest absolute Gasteiger partial charge is 0.152 e. The van der Waals surface area contributed by atoms with Gasteiger partial charge in [0.2, 0.25) is 0 Å². The lowest BCUT2D eigenvalue weighted by Crippen LogP contribution is -1.96. The maximum absolute atomic E-state index is 10.6. The number of rotatable bonds is 3. The zero-order chi connectivity index (χ0) is 8.97. The van der Waals surface area contributed by atoms with Crippen molar-refractivity contribution < 1.29 is 9.53 Å². The molecule has 1 aromatic rings. The van der Waals surface area contributed by atoms with E-state index >= 15 is 0 Å². The van der Waals surface area contributed by atoms with Crippen molar-refractivity contribution in [1.29, 1.82) is 0 Å². The van der Waals surface area contributed by atoms with Gasteiger partial charge in [-0.3, -0.25) is 9.78 Å². The van der Waals surface area contributed by atoms with Crippen LogP contribution < -0.4 is 4.74 Å². The van der Waals surface area contributed by atoms with Crippen LogP contribution in [0.5, 0.6) is 5.75 Å². The van der Waals surface area contributed by atoms with Gasteiger partial charge in [-0.05, 0) is 12.5 Å². The molecule has 3 heteroatoms. The number of aromatic nitrogens is 1. The molecule has 0 aliphatic rings. The van der Waals surface area contributed by atoms with Gasteiger partial charge in [-0.15, -0.1) is 0 Å². The summed E-state index contributed by atoms with van der Waals surface area (Å²) in [5.74, 6) is 0.620. The lowest BCUT2D eigenvalue weighted by molar-refractivity contribution is 0.112. The molecule has 1 heterocycles. The van der Waals surface area contributed by atoms with E-state index in [1.54, 1.807) is 19.4 Å². The summed E-state index contributed by atoms with van der Waals surface area (Å²) >= 11 is 0. The van der Waals surface area contributed by atoms with Crippen LogP contribution in [0, 0.1) is 0 Å². The molecule has 64 valence electrons. The van der Waals surface area contributed by atoms with Crippen molar-refractivity contribution in [2.75, 3.05) is 7.11 Å². The largest absolute Gasteiger partial charge is 0.495 e. The highest BCUT2D eigenvalue weighted by molar-refractivity contribution is 5.77. The van der Waals surface area contributed by atoms with Gasteiger partial charge in [-0.1, -0.05) is 6.92 Å². The van der Waals surface area contributed by atoms with Gasteiger partial charge in [0.15, 0.2) is 6.29 Å². The second-order valence-corrected chi connectivity index (χ2v) is 2.38. The molecule has 0 saturated carbocycles. The van der Waals surface area contributed by atoms with Crippen molar-refractivity contribution in [3.63, 3.8) is 0 Å². The van der Waals surface area contributed by atoms with Gasteiger partial charge in [-0.2, -0.15) is 0 Å². The molecule has 0 N–H and O–H groups in total. The van der Waals surface area contributed by atoms with E-state index in [1.165, 1.54) is 0 Å². The van der Waals surface area contributed by atoms with Gasteiger partial charge < -0.3 is 4.74 Å². The molecule has 3 nitrogen and oxygen atoms in total. The second-order valence-electron chi connectivity index (χ2n) is 2.38. The Balaban J connectivity index is 3.10. The average molecular weight is 165 g/mol. The summed E-state index contributed by atoms with van der Waals surface area (Å²) in [6.07, 6.45) is 3.18. The Bertz CT molecular complexity index is 284. The third kappa shape index (κ3) is 1.61. The normalized spacial score (nSPS) is 9.50. The lowest BCUT2D eigenvalue weighted by atomic mass is 10.2. The van der Waals surface area contributed by atoms with E-state index in [-0.39, 0.29) is 0 Å². The molecule has 0 saturated heterocycles. The molecule has 12 heavy (non-hydrogen) atoms. The van der Waals surface area contributed by atoms with Crippen LogP contribution in [0.25, 0.3) is 0 Å². The van der Waals surface area contributed by atoms with E-state index in [4.69, 9.17) is 4.74 Å². The first kappa shape index (κ1) is 8.71. The molecule has 0 bridgehead atoms. The Morgan fingerprint density at radius 2 is 2.42 bits per heavy atom. The molecule has 0 fully saturated rings. The first-order valence-corrected chi connectivity index (χ1v) is 3.80. The summed E-state index contributed by atoms with van der Waals surface area (Å²) in [5.41, 5.74) is 1.42. The summed E-state index contributed by atoms with van der Waals surface area (Å²) in [6.45, 7) is 1.96. The Morgan fingerprint density at radius 3 is 2.92 bits per heavy atom. The number of hydrogen-bond acceptors (Lipinski definition) is 3. The predicted molar refractivity (Wildman–Crippen MR) is 45.6 cm³/mol. The average Bonchev–Trinajstić information content (AvgIpc) is 2.16.